The molecule has 2 aromatic carbocycles. The van der Waals surface area contributed by atoms with E-state index in [1.807, 2.05) is 31.2 Å². The zero-order valence-electron chi connectivity index (χ0n) is 12.3. The Balaban J connectivity index is 0.00000121. The molecule has 2 N–H and O–H groups in total. The van der Waals surface area contributed by atoms with Gasteiger partial charge in [-0.2, -0.15) is 0 Å². The van der Waals surface area contributed by atoms with E-state index in [1.165, 1.54) is 0 Å². The lowest BCUT2D eigenvalue weighted by Crippen LogP contribution is -1.95. The average molecular weight is 337 g/mol. The first-order valence-electron chi connectivity index (χ1n) is 6.56. The number of nitrogens with zero attached hydrogens (tertiary/aromatic N) is 1. The highest BCUT2D eigenvalue weighted by Gasteiger charge is 2.06. The number of aryl methyl sites for hydroxylation is 2. The largest absolute Gasteiger partial charge is 0.508 e. The zero-order chi connectivity index (χ0) is 14.1. The van der Waals surface area contributed by atoms with Crippen LogP contribution in [0.15, 0.2) is 48.5 Å². The van der Waals surface area contributed by atoms with E-state index in [4.69, 9.17) is 0 Å². The molecule has 0 fully saturated rings. The van der Waals surface area contributed by atoms with Gasteiger partial charge in [0.05, 0.1) is 5.52 Å². The van der Waals surface area contributed by atoms with Crippen molar-refractivity contribution in [3.05, 3.63) is 59.8 Å². The van der Waals surface area contributed by atoms with Crippen molar-refractivity contribution < 1.29 is 5.11 Å². The van der Waals surface area contributed by atoms with Gasteiger partial charge in [-0.25, -0.2) is 0 Å². The number of aromatic hydroxyl groups is 1. The van der Waals surface area contributed by atoms with Crippen molar-refractivity contribution in [2.24, 2.45) is 0 Å². The monoisotopic (exact) mass is 336 g/mol. The molecule has 1 heterocycles. The Hall–Kier alpha value is -1.97. The van der Waals surface area contributed by atoms with Gasteiger partial charge in [-0.3, -0.25) is 4.98 Å². The van der Waals surface area contributed by atoms with Gasteiger partial charge in [0.2, 0.25) is 0 Å². The molecule has 0 amide bonds. The SMILES string of the molecule is Cc1cc(Nc2cccc(O)c2)c2cccc(C)c2n1.Cl.Cl. The maximum Gasteiger partial charge on any atom is 0.117 e. The molecule has 1 aromatic heterocycles. The van der Waals surface area contributed by atoms with Crippen LogP contribution in [-0.2, 0) is 0 Å². The first-order valence-corrected chi connectivity index (χ1v) is 6.56. The van der Waals surface area contributed by atoms with Gasteiger partial charge in [-0.1, -0.05) is 24.3 Å². The highest BCUT2D eigenvalue weighted by molar-refractivity contribution is 5.94. The number of anilines is 2. The molecule has 5 heteroatoms. The van der Waals surface area contributed by atoms with E-state index in [0.29, 0.717) is 0 Å². The Kier molecular flexibility index (Phi) is 6.03. The lowest BCUT2D eigenvalue weighted by Gasteiger charge is -2.12. The van der Waals surface area contributed by atoms with Crippen molar-refractivity contribution in [3.8, 4) is 5.75 Å². The molecule has 3 nitrogen and oxygen atoms in total. The second kappa shape index (κ2) is 7.34. The lowest BCUT2D eigenvalue weighted by molar-refractivity contribution is 0.475. The molecule has 3 rings (SSSR count). The minimum absolute atomic E-state index is 0. The summed E-state index contributed by atoms with van der Waals surface area (Å²) < 4.78 is 0. The summed E-state index contributed by atoms with van der Waals surface area (Å²) in [5.41, 5.74) is 5.00. The van der Waals surface area contributed by atoms with E-state index in [-0.39, 0.29) is 30.6 Å². The van der Waals surface area contributed by atoms with Crippen LogP contribution in [0.2, 0.25) is 0 Å². The summed E-state index contributed by atoms with van der Waals surface area (Å²) in [6, 6.07) is 15.3. The molecule has 0 aliphatic rings. The summed E-state index contributed by atoms with van der Waals surface area (Å²) in [7, 11) is 0. The van der Waals surface area contributed by atoms with Gasteiger partial charge in [-0.05, 0) is 37.6 Å². The number of aromatic nitrogens is 1. The minimum atomic E-state index is 0. The second-order valence-corrected chi connectivity index (χ2v) is 4.96. The number of hydrogen-bond donors (Lipinski definition) is 2. The van der Waals surface area contributed by atoms with Crippen LogP contribution < -0.4 is 5.32 Å². The molecule has 0 saturated carbocycles. The standard InChI is InChI=1S/C17H16N2O.2ClH/c1-11-5-3-8-15-16(9-12(2)18-17(11)15)19-13-6-4-7-14(20)10-13;;/h3-10,20H,1-2H3,(H,18,19);2*1H. The molecule has 0 atom stereocenters. The molecule has 0 spiro atoms. The van der Waals surface area contributed by atoms with Crippen LogP contribution in [-0.4, -0.2) is 10.1 Å². The lowest BCUT2D eigenvalue weighted by atomic mass is 10.1. The highest BCUT2D eigenvalue weighted by atomic mass is 35.5. The van der Waals surface area contributed by atoms with E-state index in [9.17, 15) is 5.11 Å². The normalized spacial score (nSPS) is 9.73. The van der Waals surface area contributed by atoms with Gasteiger partial charge in [0.15, 0.2) is 0 Å². The number of rotatable bonds is 2. The number of phenols is 1. The van der Waals surface area contributed by atoms with E-state index in [2.05, 4.69) is 29.4 Å². The molecule has 116 valence electrons. The van der Waals surface area contributed by atoms with Gasteiger partial charge in [0.25, 0.3) is 0 Å². The summed E-state index contributed by atoms with van der Waals surface area (Å²) in [6.45, 7) is 4.05. The van der Waals surface area contributed by atoms with Crippen LogP contribution in [0.4, 0.5) is 11.4 Å². The van der Waals surface area contributed by atoms with Crippen molar-refractivity contribution in [1.82, 2.24) is 4.98 Å². The Morgan fingerprint density at radius 3 is 2.41 bits per heavy atom. The van der Waals surface area contributed by atoms with Crippen LogP contribution in [0.5, 0.6) is 5.75 Å². The topological polar surface area (TPSA) is 45.1 Å². The van der Waals surface area contributed by atoms with Crippen LogP contribution in [0.25, 0.3) is 10.9 Å². The number of halogens is 2. The van der Waals surface area contributed by atoms with E-state index in [0.717, 1.165) is 33.5 Å². The first kappa shape index (κ1) is 18.1. The molecular weight excluding hydrogens is 319 g/mol. The molecule has 22 heavy (non-hydrogen) atoms. The fourth-order valence-electron chi connectivity index (χ4n) is 2.36. The zero-order valence-corrected chi connectivity index (χ0v) is 14.0. The molecule has 0 radical (unpaired) electrons. The highest BCUT2D eigenvalue weighted by Crippen LogP contribution is 2.29. The number of fused-ring (bicyclic) bond motifs is 1. The molecule has 0 unspecified atom stereocenters. The molecule has 0 bridgehead atoms. The Morgan fingerprint density at radius 1 is 0.955 bits per heavy atom. The van der Waals surface area contributed by atoms with Crippen molar-refractivity contribution >= 4 is 47.1 Å². The van der Waals surface area contributed by atoms with Gasteiger partial charge in [0.1, 0.15) is 5.75 Å². The minimum Gasteiger partial charge on any atom is -0.508 e. The van der Waals surface area contributed by atoms with Crippen LogP contribution in [0.1, 0.15) is 11.3 Å². The summed E-state index contributed by atoms with van der Waals surface area (Å²) >= 11 is 0. The second-order valence-electron chi connectivity index (χ2n) is 4.96. The van der Waals surface area contributed by atoms with Gasteiger partial charge < -0.3 is 10.4 Å². The third-order valence-electron chi connectivity index (χ3n) is 3.29. The van der Waals surface area contributed by atoms with Crippen molar-refractivity contribution in [2.45, 2.75) is 13.8 Å². The molecule has 0 aliphatic heterocycles. The number of pyridine rings is 1. The Morgan fingerprint density at radius 2 is 1.68 bits per heavy atom. The number of hydrogen-bond acceptors (Lipinski definition) is 3. The maximum absolute atomic E-state index is 9.55. The van der Waals surface area contributed by atoms with Crippen LogP contribution >= 0.6 is 24.8 Å². The van der Waals surface area contributed by atoms with Gasteiger partial charge in [0, 0.05) is 28.5 Å². The smallest absolute Gasteiger partial charge is 0.117 e. The predicted octanol–water partition coefficient (Wildman–Crippen LogP) is 5.14. The van der Waals surface area contributed by atoms with Crippen LogP contribution in [0.3, 0.4) is 0 Å². The third-order valence-corrected chi connectivity index (χ3v) is 3.29. The molecule has 0 saturated heterocycles. The van der Waals surface area contributed by atoms with Gasteiger partial charge in [-0.15, -0.1) is 24.8 Å². The summed E-state index contributed by atoms with van der Waals surface area (Å²) in [5.74, 6) is 0.251. The van der Waals surface area contributed by atoms with Crippen LogP contribution in [0, 0.1) is 13.8 Å². The predicted molar refractivity (Wildman–Crippen MR) is 97.1 cm³/mol. The quantitative estimate of drug-likeness (QED) is 0.680. The Labute approximate surface area is 142 Å². The molecule has 0 aliphatic carbocycles. The van der Waals surface area contributed by atoms with Crippen molar-refractivity contribution in [1.29, 1.82) is 0 Å². The average Bonchev–Trinajstić information content (AvgIpc) is 2.40. The molecule has 3 aromatic rings. The maximum atomic E-state index is 9.55. The Bertz CT molecular complexity index is 791. The van der Waals surface area contributed by atoms with E-state index < -0.39 is 0 Å². The first-order chi connectivity index (χ1) is 9.63. The number of benzene rings is 2. The molecular formula is C17H18Cl2N2O. The van der Waals surface area contributed by atoms with E-state index >= 15 is 0 Å². The summed E-state index contributed by atoms with van der Waals surface area (Å²) in [5, 5.41) is 14.0. The fourth-order valence-corrected chi connectivity index (χ4v) is 2.36. The number of phenolic OH excluding ortho intramolecular Hbond substituents is 1. The number of nitrogens with one attached hydrogen (secondary N) is 1. The van der Waals surface area contributed by atoms with Gasteiger partial charge >= 0.3 is 0 Å². The summed E-state index contributed by atoms with van der Waals surface area (Å²) in [6.07, 6.45) is 0. The summed E-state index contributed by atoms with van der Waals surface area (Å²) in [4.78, 5) is 4.61. The number of para-hydroxylation sites is 1. The van der Waals surface area contributed by atoms with E-state index in [1.54, 1.807) is 12.1 Å². The van der Waals surface area contributed by atoms with Crippen molar-refractivity contribution in [3.63, 3.8) is 0 Å². The van der Waals surface area contributed by atoms with Crippen molar-refractivity contribution in [2.75, 3.05) is 5.32 Å². The third kappa shape index (κ3) is 3.62. The fraction of sp³-hybridized carbons (Fsp3) is 0.118.